The highest BCUT2D eigenvalue weighted by Crippen LogP contribution is 2.35. The van der Waals surface area contributed by atoms with E-state index in [0.717, 1.165) is 33.4 Å². The van der Waals surface area contributed by atoms with Crippen LogP contribution in [0.4, 0.5) is 4.39 Å². The van der Waals surface area contributed by atoms with Crippen LogP contribution in [0.5, 0.6) is 5.75 Å². The van der Waals surface area contributed by atoms with Gasteiger partial charge in [0.15, 0.2) is 5.58 Å². The highest BCUT2D eigenvalue weighted by Gasteiger charge is 2.17. The number of hydrogen-bond acceptors (Lipinski definition) is 5. The van der Waals surface area contributed by atoms with E-state index in [1.807, 2.05) is 71.0 Å². The number of carbonyl (C=O) groups excluding carboxylic acids is 1. The number of benzene rings is 4. The third kappa shape index (κ3) is 6.44. The number of nitrogens with zero attached hydrogens (tertiary/aromatic N) is 2. The van der Waals surface area contributed by atoms with Crippen LogP contribution in [0, 0.1) is 18.3 Å². The van der Waals surface area contributed by atoms with Crippen molar-refractivity contribution in [3.8, 4) is 34.4 Å². The van der Waals surface area contributed by atoms with Crippen LogP contribution < -0.4 is 10.1 Å². The molecule has 0 saturated carbocycles. The molecule has 5 rings (SSSR count). The molecule has 1 amide bonds. The van der Waals surface area contributed by atoms with Crippen molar-refractivity contribution < 1.29 is 18.3 Å². The Balaban J connectivity index is 1.31. The predicted octanol–water partition coefficient (Wildman–Crippen LogP) is 8.65. The lowest BCUT2D eigenvalue weighted by atomic mass is 9.96. The first kappa shape index (κ1) is 29.5. The number of nitrogens with one attached hydrogen (secondary N) is 1. The van der Waals surface area contributed by atoms with Gasteiger partial charge in [-0.3, -0.25) is 4.79 Å². The molecule has 1 aromatic heterocycles. The van der Waals surface area contributed by atoms with Crippen molar-refractivity contribution in [2.45, 2.75) is 59.9 Å². The van der Waals surface area contributed by atoms with Crippen molar-refractivity contribution in [3.63, 3.8) is 0 Å². The van der Waals surface area contributed by atoms with Gasteiger partial charge >= 0.3 is 0 Å². The molecule has 43 heavy (non-hydrogen) atoms. The van der Waals surface area contributed by atoms with Crippen molar-refractivity contribution in [2.24, 2.45) is 0 Å². The second-order valence-corrected chi connectivity index (χ2v) is 11.3. The standard InChI is InChI=1S/C36H34FN3O3/c1-21(2)30-16-25(19-38)17-32-34(30)43-36(40-32)27-10-8-26(9-11-27)35(41)39-20-24-7-12-29(28(15-24)18-37)31-14-23(5)6-13-33(31)42-22(3)4/h6-17,21-22H,18,20H2,1-5H3,(H,39,41). The normalized spacial score (nSPS) is 11.2. The zero-order chi connectivity index (χ0) is 30.7. The number of nitriles is 1. The summed E-state index contributed by atoms with van der Waals surface area (Å²) in [4.78, 5) is 17.6. The van der Waals surface area contributed by atoms with Crippen LogP contribution in [-0.4, -0.2) is 17.0 Å². The number of carbonyl (C=O) groups is 1. The van der Waals surface area contributed by atoms with Gasteiger partial charge in [-0.05, 0) is 91.9 Å². The fraction of sp³-hybridized carbons (Fsp3) is 0.250. The van der Waals surface area contributed by atoms with Crippen LogP contribution in [0.25, 0.3) is 33.7 Å². The molecule has 0 saturated heterocycles. The van der Waals surface area contributed by atoms with Crippen LogP contribution in [0.15, 0.2) is 77.2 Å². The number of aromatic nitrogens is 1. The van der Waals surface area contributed by atoms with Crippen LogP contribution in [0.3, 0.4) is 0 Å². The number of halogens is 1. The Morgan fingerprint density at radius 2 is 1.77 bits per heavy atom. The molecule has 1 N–H and O–H groups in total. The van der Waals surface area contributed by atoms with Crippen molar-refractivity contribution in [1.29, 1.82) is 5.26 Å². The van der Waals surface area contributed by atoms with E-state index < -0.39 is 6.67 Å². The van der Waals surface area contributed by atoms with E-state index in [9.17, 15) is 14.4 Å². The Kier molecular flexibility index (Phi) is 8.58. The monoisotopic (exact) mass is 575 g/mol. The van der Waals surface area contributed by atoms with Gasteiger partial charge in [0.05, 0.1) is 17.7 Å². The van der Waals surface area contributed by atoms with Gasteiger partial charge in [0.1, 0.15) is 17.9 Å². The average molecular weight is 576 g/mol. The molecule has 6 nitrogen and oxygen atoms in total. The summed E-state index contributed by atoms with van der Waals surface area (Å²) in [6, 6.07) is 24.2. The van der Waals surface area contributed by atoms with Gasteiger partial charge in [-0.25, -0.2) is 9.37 Å². The number of alkyl halides is 1. The van der Waals surface area contributed by atoms with Crippen molar-refractivity contribution >= 4 is 17.0 Å². The molecular formula is C36H34FN3O3. The number of hydrogen-bond donors (Lipinski definition) is 1. The molecule has 7 heteroatoms. The van der Waals surface area contributed by atoms with Crippen molar-refractivity contribution in [1.82, 2.24) is 10.3 Å². The summed E-state index contributed by atoms with van der Waals surface area (Å²) in [5, 5.41) is 12.3. The molecule has 0 aliphatic rings. The number of fused-ring (bicyclic) bond motifs is 1. The lowest BCUT2D eigenvalue weighted by Crippen LogP contribution is -2.22. The molecule has 0 spiro atoms. The lowest BCUT2D eigenvalue weighted by molar-refractivity contribution is 0.0951. The molecule has 0 bridgehead atoms. The van der Waals surface area contributed by atoms with Crippen molar-refractivity contribution in [3.05, 3.63) is 106 Å². The quantitative estimate of drug-likeness (QED) is 0.190. The number of ether oxygens (including phenoxy) is 1. The fourth-order valence-corrected chi connectivity index (χ4v) is 5.07. The minimum atomic E-state index is -0.639. The van der Waals surface area contributed by atoms with E-state index >= 15 is 0 Å². The van der Waals surface area contributed by atoms with Gasteiger partial charge in [0.25, 0.3) is 5.91 Å². The van der Waals surface area contributed by atoms with Gasteiger partial charge in [-0.15, -0.1) is 0 Å². The topological polar surface area (TPSA) is 88.1 Å². The van der Waals surface area contributed by atoms with Crippen LogP contribution >= 0.6 is 0 Å². The SMILES string of the molecule is Cc1ccc(OC(C)C)c(-c2ccc(CNC(=O)c3ccc(-c4nc5cc(C#N)cc(C(C)C)c5o4)cc3)cc2CF)c1. The van der Waals surface area contributed by atoms with E-state index in [0.29, 0.717) is 39.4 Å². The number of amides is 1. The maximum Gasteiger partial charge on any atom is 0.251 e. The Hall–Kier alpha value is -4.96. The van der Waals surface area contributed by atoms with Gasteiger partial charge in [-0.2, -0.15) is 5.26 Å². The smallest absolute Gasteiger partial charge is 0.251 e. The molecule has 0 radical (unpaired) electrons. The molecule has 0 unspecified atom stereocenters. The third-order valence-corrected chi connectivity index (χ3v) is 7.22. The Bertz CT molecular complexity index is 1830. The Labute approximate surface area is 251 Å². The second-order valence-electron chi connectivity index (χ2n) is 11.3. The lowest BCUT2D eigenvalue weighted by Gasteiger charge is -2.17. The minimum absolute atomic E-state index is 0.0100. The third-order valence-electron chi connectivity index (χ3n) is 7.22. The Morgan fingerprint density at radius 3 is 2.44 bits per heavy atom. The minimum Gasteiger partial charge on any atom is -0.490 e. The van der Waals surface area contributed by atoms with E-state index in [2.05, 4.69) is 16.4 Å². The molecule has 1 heterocycles. The highest BCUT2D eigenvalue weighted by molar-refractivity contribution is 5.94. The Morgan fingerprint density at radius 1 is 1.00 bits per heavy atom. The van der Waals surface area contributed by atoms with Crippen LogP contribution in [-0.2, 0) is 13.2 Å². The summed E-state index contributed by atoms with van der Waals surface area (Å²) in [5.41, 5.74) is 7.97. The first-order chi connectivity index (χ1) is 20.7. The van der Waals surface area contributed by atoms with E-state index in [-0.39, 0.29) is 24.5 Å². The molecule has 0 aliphatic heterocycles. The van der Waals surface area contributed by atoms with Crippen LogP contribution in [0.1, 0.15) is 71.8 Å². The molecule has 0 fully saturated rings. The van der Waals surface area contributed by atoms with Crippen molar-refractivity contribution in [2.75, 3.05) is 0 Å². The summed E-state index contributed by atoms with van der Waals surface area (Å²) in [5.74, 6) is 1.05. The molecule has 0 aliphatic carbocycles. The maximum absolute atomic E-state index is 14.2. The number of rotatable bonds is 9. The van der Waals surface area contributed by atoms with E-state index in [4.69, 9.17) is 9.15 Å². The fourth-order valence-electron chi connectivity index (χ4n) is 5.07. The zero-order valence-electron chi connectivity index (χ0n) is 25.0. The van der Waals surface area contributed by atoms with Gasteiger partial charge in [-0.1, -0.05) is 43.7 Å². The highest BCUT2D eigenvalue weighted by atomic mass is 19.1. The first-order valence-electron chi connectivity index (χ1n) is 14.4. The van der Waals surface area contributed by atoms with Crippen LogP contribution in [0.2, 0.25) is 0 Å². The summed E-state index contributed by atoms with van der Waals surface area (Å²) in [6.45, 7) is 9.62. The summed E-state index contributed by atoms with van der Waals surface area (Å²) < 4.78 is 26.3. The molecule has 4 aromatic carbocycles. The zero-order valence-corrected chi connectivity index (χ0v) is 25.0. The summed E-state index contributed by atoms with van der Waals surface area (Å²) in [7, 11) is 0. The molecule has 0 atom stereocenters. The van der Waals surface area contributed by atoms with Gasteiger partial charge < -0.3 is 14.5 Å². The maximum atomic E-state index is 14.2. The number of oxazole rings is 1. The summed E-state index contributed by atoms with van der Waals surface area (Å²) in [6.07, 6.45) is -0.0100. The van der Waals surface area contributed by atoms with Gasteiger partial charge in [0.2, 0.25) is 5.89 Å². The summed E-state index contributed by atoms with van der Waals surface area (Å²) >= 11 is 0. The second kappa shape index (κ2) is 12.5. The largest absolute Gasteiger partial charge is 0.490 e. The first-order valence-corrected chi connectivity index (χ1v) is 14.4. The molecular weight excluding hydrogens is 541 g/mol. The van der Waals surface area contributed by atoms with Gasteiger partial charge in [0, 0.05) is 28.8 Å². The van der Waals surface area contributed by atoms with E-state index in [1.54, 1.807) is 36.4 Å². The average Bonchev–Trinajstić information content (AvgIpc) is 3.44. The number of aryl methyl sites for hydroxylation is 1. The predicted molar refractivity (Wildman–Crippen MR) is 167 cm³/mol. The molecule has 218 valence electrons. The molecule has 5 aromatic rings. The van der Waals surface area contributed by atoms with E-state index in [1.165, 1.54) is 0 Å².